The van der Waals surface area contributed by atoms with E-state index in [0.717, 1.165) is 5.56 Å². The molecule has 0 aliphatic carbocycles. The maximum absolute atomic E-state index is 5.32. The Kier molecular flexibility index (Phi) is 6.98. The van der Waals surface area contributed by atoms with Crippen LogP contribution < -0.4 is 5.73 Å². The molecule has 2 nitrogen and oxygen atoms in total. The molecule has 0 fully saturated rings. The topological polar surface area (TPSA) is 38.9 Å². The number of nitrogens with two attached hydrogens (primary N) is 1. The van der Waals surface area contributed by atoms with E-state index in [4.69, 9.17) is 5.73 Å². The van der Waals surface area contributed by atoms with E-state index in [2.05, 4.69) is 29.4 Å². The van der Waals surface area contributed by atoms with Crippen LogP contribution in [0.4, 0.5) is 0 Å². The zero-order valence-corrected chi connectivity index (χ0v) is 7.49. The Hall–Kier alpha value is -0.670. The number of aromatic nitrogens is 1. The minimum Gasteiger partial charge on any atom is -0.326 e. The van der Waals surface area contributed by atoms with E-state index >= 15 is 0 Å². The summed E-state index contributed by atoms with van der Waals surface area (Å²) in [5, 5.41) is 0. The van der Waals surface area contributed by atoms with Crippen molar-refractivity contribution in [1.29, 1.82) is 0 Å². The van der Waals surface area contributed by atoms with Gasteiger partial charge >= 0.3 is 0 Å². The summed E-state index contributed by atoms with van der Waals surface area (Å²) >= 11 is 7.92. The Labute approximate surface area is 76.4 Å². The van der Waals surface area contributed by atoms with Gasteiger partial charge in [-0.15, -0.1) is 0 Å². The lowest BCUT2D eigenvalue weighted by Gasteiger charge is -1.89. The van der Waals surface area contributed by atoms with Crippen LogP contribution >= 0.6 is 24.4 Å². The fourth-order valence-corrected chi connectivity index (χ4v) is 0.519. The lowest BCUT2D eigenvalue weighted by molar-refractivity contribution is 1.06. The van der Waals surface area contributed by atoms with Crippen molar-refractivity contribution in [1.82, 2.24) is 4.98 Å². The molecular formula is C7H8N2S2. The summed E-state index contributed by atoms with van der Waals surface area (Å²) in [7, 11) is 0. The molecular weight excluding hydrogens is 176 g/mol. The number of hydrogen-bond acceptors (Lipinski definition) is 4. The summed E-state index contributed by atoms with van der Waals surface area (Å²) < 4.78 is 1.92. The number of nitrogens with zero attached hydrogens (tertiary/aromatic N) is 1. The van der Waals surface area contributed by atoms with Gasteiger partial charge in [0.1, 0.15) is 0 Å². The van der Waals surface area contributed by atoms with Crippen LogP contribution in [0.5, 0.6) is 0 Å². The molecule has 0 aliphatic heterocycles. The molecule has 1 aromatic heterocycles. The standard InChI is InChI=1S/C6H8N2.CS2/c7-5-6-1-3-8-4-2-6;2-1-3/h1-4H,5,7H2;. The van der Waals surface area contributed by atoms with Crippen molar-refractivity contribution >= 4 is 28.7 Å². The molecule has 58 valence electrons. The van der Waals surface area contributed by atoms with Gasteiger partial charge in [-0.1, -0.05) is 0 Å². The Morgan fingerprint density at radius 1 is 1.36 bits per heavy atom. The maximum atomic E-state index is 5.32. The first-order chi connectivity index (χ1) is 5.35. The molecule has 0 saturated carbocycles. The Morgan fingerprint density at radius 2 is 1.82 bits per heavy atom. The quantitative estimate of drug-likeness (QED) is 0.672. The number of rotatable bonds is 1. The molecule has 11 heavy (non-hydrogen) atoms. The Bertz CT molecular complexity index is 217. The van der Waals surface area contributed by atoms with Crippen molar-refractivity contribution in [2.24, 2.45) is 5.73 Å². The SMILES string of the molecule is NCc1ccncc1.S=C=S. The zero-order valence-electron chi connectivity index (χ0n) is 5.86. The van der Waals surface area contributed by atoms with E-state index < -0.39 is 0 Å². The van der Waals surface area contributed by atoms with Crippen LogP contribution in [0.25, 0.3) is 0 Å². The second-order valence-electron chi connectivity index (χ2n) is 1.64. The minimum atomic E-state index is 0.600. The third-order valence-electron chi connectivity index (χ3n) is 0.985. The van der Waals surface area contributed by atoms with Crippen LogP contribution in [0.1, 0.15) is 5.56 Å². The highest BCUT2D eigenvalue weighted by Crippen LogP contribution is 1.91. The molecule has 0 unspecified atom stereocenters. The summed E-state index contributed by atoms with van der Waals surface area (Å²) in [6.07, 6.45) is 3.48. The number of pyridine rings is 1. The fourth-order valence-electron chi connectivity index (χ4n) is 0.519. The molecule has 1 heterocycles. The summed E-state index contributed by atoms with van der Waals surface area (Å²) in [5.41, 5.74) is 6.45. The molecule has 0 aliphatic rings. The van der Waals surface area contributed by atoms with Gasteiger partial charge in [0.25, 0.3) is 0 Å². The molecule has 0 spiro atoms. The van der Waals surface area contributed by atoms with Gasteiger partial charge < -0.3 is 5.73 Å². The van der Waals surface area contributed by atoms with E-state index in [1.807, 2.05) is 16.4 Å². The van der Waals surface area contributed by atoms with E-state index in [9.17, 15) is 0 Å². The van der Waals surface area contributed by atoms with Crippen molar-refractivity contribution in [2.75, 3.05) is 0 Å². The van der Waals surface area contributed by atoms with Gasteiger partial charge in [-0.2, -0.15) is 0 Å². The predicted molar refractivity (Wildman–Crippen MR) is 52.3 cm³/mol. The smallest absolute Gasteiger partial charge is 0.0297 e. The molecule has 0 saturated heterocycles. The van der Waals surface area contributed by atoms with Gasteiger partial charge in [0, 0.05) is 23.3 Å². The van der Waals surface area contributed by atoms with Gasteiger partial charge in [-0.25, -0.2) is 0 Å². The lowest BCUT2D eigenvalue weighted by Crippen LogP contribution is -1.94. The summed E-state index contributed by atoms with van der Waals surface area (Å²) in [6, 6.07) is 3.81. The van der Waals surface area contributed by atoms with Crippen molar-refractivity contribution in [2.45, 2.75) is 6.54 Å². The van der Waals surface area contributed by atoms with E-state index in [1.54, 1.807) is 12.4 Å². The molecule has 0 bridgehead atoms. The molecule has 0 amide bonds. The average Bonchev–Trinajstić information content (AvgIpc) is 2.08. The first kappa shape index (κ1) is 10.3. The van der Waals surface area contributed by atoms with Gasteiger partial charge in [-0.3, -0.25) is 4.98 Å². The fraction of sp³-hybridized carbons (Fsp3) is 0.143. The van der Waals surface area contributed by atoms with Crippen molar-refractivity contribution in [3.8, 4) is 0 Å². The summed E-state index contributed by atoms with van der Waals surface area (Å²) in [5.74, 6) is 0. The van der Waals surface area contributed by atoms with Gasteiger partial charge in [0.05, 0.1) is 0 Å². The van der Waals surface area contributed by atoms with E-state index in [0.29, 0.717) is 6.54 Å². The molecule has 4 heteroatoms. The minimum absolute atomic E-state index is 0.600. The highest BCUT2D eigenvalue weighted by Gasteiger charge is 1.80. The lowest BCUT2D eigenvalue weighted by atomic mass is 10.3. The molecule has 2 N–H and O–H groups in total. The number of hydrogen-bond donors (Lipinski definition) is 1. The molecule has 1 rings (SSSR count). The van der Waals surface area contributed by atoms with E-state index in [1.165, 1.54) is 0 Å². The second kappa shape index (κ2) is 7.44. The van der Waals surface area contributed by atoms with Gasteiger partial charge in [0.2, 0.25) is 0 Å². The largest absolute Gasteiger partial charge is 0.326 e. The molecule has 0 aromatic carbocycles. The molecule has 1 aromatic rings. The number of thiocarbonyl (C=S) groups is 2. The Balaban J connectivity index is 0.000000292. The molecule has 0 atom stereocenters. The van der Waals surface area contributed by atoms with Gasteiger partial charge in [0.15, 0.2) is 0 Å². The van der Waals surface area contributed by atoms with Crippen molar-refractivity contribution in [3.05, 3.63) is 30.1 Å². The van der Waals surface area contributed by atoms with Crippen molar-refractivity contribution in [3.63, 3.8) is 0 Å². The van der Waals surface area contributed by atoms with Crippen LogP contribution in [0.2, 0.25) is 0 Å². The van der Waals surface area contributed by atoms with Crippen LogP contribution in [0, 0.1) is 0 Å². The van der Waals surface area contributed by atoms with Crippen LogP contribution in [0.3, 0.4) is 0 Å². The zero-order chi connectivity index (χ0) is 8.53. The maximum Gasteiger partial charge on any atom is 0.0297 e. The first-order valence-corrected chi connectivity index (χ1v) is 3.75. The van der Waals surface area contributed by atoms with Crippen LogP contribution in [-0.2, 0) is 6.54 Å². The summed E-state index contributed by atoms with van der Waals surface area (Å²) in [4.78, 5) is 3.84. The molecule has 0 radical (unpaired) electrons. The van der Waals surface area contributed by atoms with Crippen LogP contribution in [0.15, 0.2) is 24.5 Å². The normalized spacial score (nSPS) is 7.36. The third-order valence-corrected chi connectivity index (χ3v) is 0.985. The van der Waals surface area contributed by atoms with E-state index in [-0.39, 0.29) is 0 Å². The summed E-state index contributed by atoms with van der Waals surface area (Å²) in [6.45, 7) is 0.600. The first-order valence-electron chi connectivity index (χ1n) is 2.93. The monoisotopic (exact) mass is 184 g/mol. The highest BCUT2D eigenvalue weighted by molar-refractivity contribution is 7.93. The van der Waals surface area contributed by atoms with Crippen LogP contribution in [-0.4, -0.2) is 9.30 Å². The third kappa shape index (κ3) is 5.76. The Morgan fingerprint density at radius 3 is 2.09 bits per heavy atom. The van der Waals surface area contributed by atoms with Gasteiger partial charge in [-0.05, 0) is 42.1 Å². The average molecular weight is 184 g/mol. The van der Waals surface area contributed by atoms with Crippen molar-refractivity contribution < 1.29 is 0 Å². The predicted octanol–water partition coefficient (Wildman–Crippen LogP) is 1.56. The highest BCUT2D eigenvalue weighted by atomic mass is 32.1. The second-order valence-corrected chi connectivity index (χ2v) is 2.31.